The average molecular weight is 605 g/mol. The van der Waals surface area contributed by atoms with Crippen molar-refractivity contribution in [2.24, 2.45) is 0 Å². The fourth-order valence-electron chi connectivity index (χ4n) is 5.10. The molecule has 1 saturated heterocycles. The van der Waals surface area contributed by atoms with Crippen molar-refractivity contribution in [3.63, 3.8) is 0 Å². The molecule has 2 atom stereocenters. The Bertz CT molecular complexity index is 822. The van der Waals surface area contributed by atoms with E-state index in [1.165, 1.54) is 57.8 Å². The molecule has 1 aromatic rings. The van der Waals surface area contributed by atoms with E-state index in [9.17, 15) is 4.79 Å². The lowest BCUT2D eigenvalue weighted by atomic mass is 10.1. The third-order valence-electron chi connectivity index (χ3n) is 7.71. The summed E-state index contributed by atoms with van der Waals surface area (Å²) in [6.45, 7) is 4.68. The van der Waals surface area contributed by atoms with E-state index >= 15 is 0 Å². The molecule has 1 aliphatic rings. The fraction of sp³-hybridized carbons (Fsp3) is 0.750. The van der Waals surface area contributed by atoms with Gasteiger partial charge >= 0.3 is 5.97 Å². The van der Waals surface area contributed by atoms with Gasteiger partial charge in [0, 0.05) is 18.6 Å². The molecular formula is C36H60O7. The Morgan fingerprint density at radius 1 is 0.907 bits per heavy atom. The van der Waals surface area contributed by atoms with E-state index in [2.05, 4.69) is 19.1 Å². The van der Waals surface area contributed by atoms with Crippen molar-refractivity contribution in [3.05, 3.63) is 42.0 Å². The van der Waals surface area contributed by atoms with E-state index < -0.39 is 0 Å². The minimum absolute atomic E-state index is 0.151. The van der Waals surface area contributed by atoms with Crippen LogP contribution < -0.4 is 4.74 Å². The first-order valence-electron chi connectivity index (χ1n) is 17.1. The van der Waals surface area contributed by atoms with Crippen LogP contribution in [0.5, 0.6) is 5.75 Å². The summed E-state index contributed by atoms with van der Waals surface area (Å²) in [5.74, 6) is 0.607. The summed E-state index contributed by atoms with van der Waals surface area (Å²) in [5, 5.41) is 0. The second-order valence-corrected chi connectivity index (χ2v) is 11.5. The zero-order chi connectivity index (χ0) is 30.6. The molecule has 0 spiro atoms. The standard InChI is InChI=1S/C36H60O7/c1-3-4-5-6-7-8-9-10-11-12-13-14-15-16-17-24-35(37)43-31-33(40-27-28-42-36-25-20-21-26-41-36)30-39-29-32-22-18-19-23-34(32)38-2/h10-11,18-19,22-23,33,36H,3-9,12-17,20-21,24-31H2,1-2H3/b11-10-/t33-,36?/m1/s1. The van der Waals surface area contributed by atoms with Crippen LogP contribution in [0.3, 0.4) is 0 Å². The van der Waals surface area contributed by atoms with E-state index in [-0.39, 0.29) is 25.0 Å². The van der Waals surface area contributed by atoms with E-state index in [0.717, 1.165) is 62.9 Å². The lowest BCUT2D eigenvalue weighted by Gasteiger charge is -2.23. The molecule has 1 fully saturated rings. The summed E-state index contributed by atoms with van der Waals surface area (Å²) in [4.78, 5) is 12.4. The van der Waals surface area contributed by atoms with Gasteiger partial charge in [-0.3, -0.25) is 4.79 Å². The van der Waals surface area contributed by atoms with Crippen LogP contribution in [-0.2, 0) is 35.1 Å². The van der Waals surface area contributed by atoms with Crippen LogP contribution in [0.2, 0.25) is 0 Å². The highest BCUT2D eigenvalue weighted by Gasteiger charge is 2.16. The summed E-state index contributed by atoms with van der Waals surface area (Å²) < 4.78 is 34.3. The molecule has 2 rings (SSSR count). The number of benzene rings is 1. The third-order valence-corrected chi connectivity index (χ3v) is 7.71. The monoisotopic (exact) mass is 604 g/mol. The highest BCUT2D eigenvalue weighted by atomic mass is 16.7. The third kappa shape index (κ3) is 19.9. The van der Waals surface area contributed by atoms with Gasteiger partial charge in [-0.25, -0.2) is 0 Å². The van der Waals surface area contributed by atoms with Crippen LogP contribution in [0.15, 0.2) is 36.4 Å². The van der Waals surface area contributed by atoms with E-state index in [1.54, 1.807) is 7.11 Å². The van der Waals surface area contributed by atoms with Crippen LogP contribution in [0.1, 0.15) is 122 Å². The summed E-state index contributed by atoms with van der Waals surface area (Å²) in [5.41, 5.74) is 0.961. The first-order valence-corrected chi connectivity index (χ1v) is 17.1. The highest BCUT2D eigenvalue weighted by molar-refractivity contribution is 5.69. The normalized spacial score (nSPS) is 16.0. The number of rotatable bonds is 27. The average Bonchev–Trinajstić information content (AvgIpc) is 3.04. The van der Waals surface area contributed by atoms with Crippen LogP contribution in [-0.4, -0.2) is 58.5 Å². The minimum Gasteiger partial charge on any atom is -0.496 e. The van der Waals surface area contributed by atoms with Crippen molar-refractivity contribution < 1.29 is 33.2 Å². The minimum atomic E-state index is -0.372. The molecule has 0 saturated carbocycles. The van der Waals surface area contributed by atoms with Gasteiger partial charge in [0.05, 0.1) is 33.5 Å². The molecule has 0 radical (unpaired) electrons. The number of unbranched alkanes of at least 4 members (excludes halogenated alkanes) is 11. The van der Waals surface area contributed by atoms with Gasteiger partial charge < -0.3 is 28.4 Å². The van der Waals surface area contributed by atoms with Crippen molar-refractivity contribution in [1.82, 2.24) is 0 Å². The van der Waals surface area contributed by atoms with E-state index in [1.807, 2.05) is 24.3 Å². The quantitative estimate of drug-likeness (QED) is 0.0565. The molecule has 1 heterocycles. The van der Waals surface area contributed by atoms with Crippen LogP contribution in [0, 0.1) is 0 Å². The Labute approximate surface area is 262 Å². The lowest BCUT2D eigenvalue weighted by molar-refractivity contribution is -0.175. The number of allylic oxidation sites excluding steroid dienone is 2. The van der Waals surface area contributed by atoms with Gasteiger partial charge in [-0.1, -0.05) is 88.6 Å². The van der Waals surface area contributed by atoms with Crippen LogP contribution in [0.4, 0.5) is 0 Å². The number of methoxy groups -OCH3 is 1. The summed E-state index contributed by atoms with van der Waals surface area (Å²) in [6.07, 6.45) is 23.8. The molecule has 1 unspecified atom stereocenters. The number of hydrogen-bond acceptors (Lipinski definition) is 7. The SMILES string of the molecule is CCCCCCCC/C=C\CCCCCCCC(=O)OC[C@@H](COCc1ccccc1OC)OCCOC1CCCCO1. The lowest BCUT2D eigenvalue weighted by Crippen LogP contribution is -2.30. The zero-order valence-corrected chi connectivity index (χ0v) is 27.2. The number of para-hydroxylation sites is 1. The van der Waals surface area contributed by atoms with Gasteiger partial charge in [-0.05, 0) is 57.4 Å². The van der Waals surface area contributed by atoms with Gasteiger partial charge in [0.1, 0.15) is 18.5 Å². The second kappa shape index (κ2) is 26.5. The van der Waals surface area contributed by atoms with Crippen LogP contribution in [0.25, 0.3) is 0 Å². The zero-order valence-electron chi connectivity index (χ0n) is 27.2. The largest absolute Gasteiger partial charge is 0.496 e. The molecular weight excluding hydrogens is 544 g/mol. The molecule has 7 nitrogen and oxygen atoms in total. The second-order valence-electron chi connectivity index (χ2n) is 11.5. The van der Waals surface area contributed by atoms with Crippen LogP contribution >= 0.6 is 0 Å². The number of carbonyl (C=O) groups excluding carboxylic acids is 1. The Morgan fingerprint density at radius 2 is 1.63 bits per heavy atom. The molecule has 0 aliphatic carbocycles. The van der Waals surface area contributed by atoms with Crippen molar-refractivity contribution in [2.75, 3.05) is 40.1 Å². The van der Waals surface area contributed by atoms with Crippen molar-refractivity contribution in [2.45, 2.75) is 135 Å². The molecule has 1 aromatic carbocycles. The number of hydrogen-bond donors (Lipinski definition) is 0. The topological polar surface area (TPSA) is 72.5 Å². The molecule has 0 bridgehead atoms. The van der Waals surface area contributed by atoms with E-state index in [4.69, 9.17) is 28.4 Å². The van der Waals surface area contributed by atoms with E-state index in [0.29, 0.717) is 32.8 Å². The molecule has 0 amide bonds. The van der Waals surface area contributed by atoms with Gasteiger partial charge in [0.2, 0.25) is 0 Å². The Kier molecular flexibility index (Phi) is 22.9. The first-order chi connectivity index (χ1) is 21.2. The predicted molar refractivity (Wildman–Crippen MR) is 172 cm³/mol. The molecule has 0 aromatic heterocycles. The smallest absolute Gasteiger partial charge is 0.305 e. The summed E-state index contributed by atoms with van der Waals surface area (Å²) in [6, 6.07) is 7.77. The molecule has 1 aliphatic heterocycles. The number of carbonyl (C=O) groups is 1. The summed E-state index contributed by atoms with van der Waals surface area (Å²) in [7, 11) is 1.65. The maximum absolute atomic E-state index is 12.4. The van der Waals surface area contributed by atoms with Gasteiger partial charge in [0.25, 0.3) is 0 Å². The van der Waals surface area contributed by atoms with Gasteiger partial charge in [-0.15, -0.1) is 0 Å². The highest BCUT2D eigenvalue weighted by Crippen LogP contribution is 2.18. The molecule has 0 N–H and O–H groups in total. The number of esters is 1. The Morgan fingerprint density at radius 3 is 2.35 bits per heavy atom. The maximum Gasteiger partial charge on any atom is 0.305 e. The molecule has 43 heavy (non-hydrogen) atoms. The molecule has 7 heteroatoms. The van der Waals surface area contributed by atoms with Crippen molar-refractivity contribution in [3.8, 4) is 5.75 Å². The Balaban J connectivity index is 1.56. The van der Waals surface area contributed by atoms with Crippen molar-refractivity contribution in [1.29, 1.82) is 0 Å². The summed E-state index contributed by atoms with van der Waals surface area (Å²) >= 11 is 0. The van der Waals surface area contributed by atoms with Gasteiger partial charge in [0.15, 0.2) is 6.29 Å². The number of ether oxygens (including phenoxy) is 6. The Hall–Kier alpha value is -1.93. The fourth-order valence-corrected chi connectivity index (χ4v) is 5.10. The molecule has 246 valence electrons. The maximum atomic E-state index is 12.4. The van der Waals surface area contributed by atoms with Crippen molar-refractivity contribution >= 4 is 5.97 Å². The first kappa shape index (κ1) is 37.3. The van der Waals surface area contributed by atoms with Gasteiger partial charge in [-0.2, -0.15) is 0 Å². The predicted octanol–water partition coefficient (Wildman–Crippen LogP) is 8.72.